The van der Waals surface area contributed by atoms with Gasteiger partial charge in [0, 0.05) is 11.5 Å². The van der Waals surface area contributed by atoms with Crippen molar-refractivity contribution in [2.75, 3.05) is 0 Å². The lowest BCUT2D eigenvalue weighted by atomic mass is 9.78. The molecule has 2 atom stereocenters. The van der Waals surface area contributed by atoms with Crippen LogP contribution in [0.1, 0.15) is 53.6 Å². The lowest BCUT2D eigenvalue weighted by Crippen LogP contribution is -2.34. The van der Waals surface area contributed by atoms with Crippen LogP contribution in [-0.4, -0.2) is 11.5 Å². The third-order valence-electron chi connectivity index (χ3n) is 4.17. The Morgan fingerprint density at radius 1 is 1.50 bits per heavy atom. The van der Waals surface area contributed by atoms with Crippen LogP contribution in [-0.2, 0) is 6.42 Å². The molecule has 84 valence electrons. The predicted octanol–water partition coefficient (Wildman–Crippen LogP) is 3.42. The Morgan fingerprint density at radius 2 is 2.31 bits per heavy atom. The quantitative estimate of drug-likeness (QED) is 0.705. The van der Waals surface area contributed by atoms with Gasteiger partial charge in [-0.2, -0.15) is 0 Å². The Bertz CT molecular complexity index is 466. The second-order valence-electron chi connectivity index (χ2n) is 4.87. The zero-order valence-corrected chi connectivity index (χ0v) is 9.42. The van der Waals surface area contributed by atoms with Gasteiger partial charge < -0.3 is 0 Å². The van der Waals surface area contributed by atoms with Gasteiger partial charge in [0.2, 0.25) is 5.78 Å². The van der Waals surface area contributed by atoms with E-state index in [2.05, 4.69) is 0 Å². The van der Waals surface area contributed by atoms with E-state index < -0.39 is 5.67 Å². The molecule has 0 aliphatic heterocycles. The molecule has 0 fully saturated rings. The van der Waals surface area contributed by atoms with Crippen molar-refractivity contribution in [3.05, 3.63) is 34.9 Å². The Labute approximate surface area is 94.7 Å². The molecule has 0 bridgehead atoms. The van der Waals surface area contributed by atoms with E-state index in [-0.39, 0.29) is 11.7 Å². The number of rotatable bonds is 1. The van der Waals surface area contributed by atoms with Crippen LogP contribution >= 0.6 is 0 Å². The van der Waals surface area contributed by atoms with Crippen molar-refractivity contribution >= 4 is 5.78 Å². The molecule has 1 nitrogen and oxygen atoms in total. The second-order valence-corrected chi connectivity index (χ2v) is 4.87. The van der Waals surface area contributed by atoms with Crippen LogP contribution in [0.25, 0.3) is 0 Å². The van der Waals surface area contributed by atoms with Crippen LogP contribution in [0, 0.1) is 0 Å². The fourth-order valence-electron chi connectivity index (χ4n) is 3.33. The molecule has 0 saturated heterocycles. The van der Waals surface area contributed by atoms with Crippen molar-refractivity contribution in [3.63, 3.8) is 0 Å². The summed E-state index contributed by atoms with van der Waals surface area (Å²) in [6.07, 6.45) is 3.11. The number of alkyl halides is 1. The summed E-state index contributed by atoms with van der Waals surface area (Å²) in [5, 5.41) is 0. The molecule has 0 amide bonds. The number of halogens is 1. The normalized spacial score (nSPS) is 31.6. The highest BCUT2D eigenvalue weighted by Crippen LogP contribution is 2.51. The van der Waals surface area contributed by atoms with Gasteiger partial charge in [-0.3, -0.25) is 4.79 Å². The van der Waals surface area contributed by atoms with E-state index in [9.17, 15) is 9.18 Å². The summed E-state index contributed by atoms with van der Waals surface area (Å²) in [6, 6.07) is 5.71. The van der Waals surface area contributed by atoms with Crippen LogP contribution in [0.5, 0.6) is 0 Å². The zero-order chi connectivity index (χ0) is 11.3. The summed E-state index contributed by atoms with van der Waals surface area (Å²) < 4.78 is 14.8. The lowest BCUT2D eigenvalue weighted by molar-refractivity contribution is 0.0627. The van der Waals surface area contributed by atoms with Gasteiger partial charge in [0.1, 0.15) is 0 Å². The molecular weight excluding hydrogens is 203 g/mol. The molecule has 16 heavy (non-hydrogen) atoms. The first kappa shape index (κ1) is 10.0. The topological polar surface area (TPSA) is 17.1 Å². The molecule has 1 aromatic rings. The van der Waals surface area contributed by atoms with Gasteiger partial charge in [-0.15, -0.1) is 0 Å². The maximum absolute atomic E-state index is 14.8. The van der Waals surface area contributed by atoms with E-state index in [1.54, 1.807) is 13.0 Å². The second kappa shape index (κ2) is 3.16. The standard InChI is InChI=1S/C14H15FO/c1-2-14(15)11-8-4-6-9-5-3-7-10(12(9)11)13(14)16/h3,5,7,11H,2,4,6,8H2,1H3. The van der Waals surface area contributed by atoms with Crippen LogP contribution in [0.3, 0.4) is 0 Å². The Balaban J connectivity index is 2.26. The zero-order valence-electron chi connectivity index (χ0n) is 9.42. The van der Waals surface area contributed by atoms with Crippen molar-refractivity contribution < 1.29 is 9.18 Å². The predicted molar refractivity (Wildman–Crippen MR) is 60.6 cm³/mol. The van der Waals surface area contributed by atoms with Gasteiger partial charge in [-0.05, 0) is 36.8 Å². The number of hydrogen-bond acceptors (Lipinski definition) is 1. The summed E-state index contributed by atoms with van der Waals surface area (Å²) in [5.74, 6) is -0.455. The Kier molecular flexibility index (Phi) is 1.97. The first-order valence-electron chi connectivity index (χ1n) is 6.04. The third kappa shape index (κ3) is 1.02. The van der Waals surface area contributed by atoms with E-state index in [1.807, 2.05) is 12.1 Å². The van der Waals surface area contributed by atoms with Crippen LogP contribution < -0.4 is 0 Å². The minimum absolute atomic E-state index is 0.176. The average Bonchev–Trinajstić information content (AvgIpc) is 2.55. The SMILES string of the molecule is CCC1(F)C(=O)c2cccc3c2C1CCC3. The molecule has 0 heterocycles. The summed E-state index contributed by atoms with van der Waals surface area (Å²) in [6.45, 7) is 1.78. The summed E-state index contributed by atoms with van der Waals surface area (Å²) >= 11 is 0. The molecule has 0 aromatic heterocycles. The molecule has 0 N–H and O–H groups in total. The van der Waals surface area contributed by atoms with E-state index in [0.29, 0.717) is 12.0 Å². The van der Waals surface area contributed by atoms with Gasteiger partial charge in [-0.1, -0.05) is 25.1 Å². The van der Waals surface area contributed by atoms with Crippen molar-refractivity contribution in [1.29, 1.82) is 0 Å². The van der Waals surface area contributed by atoms with E-state index in [0.717, 1.165) is 24.8 Å². The monoisotopic (exact) mass is 218 g/mol. The van der Waals surface area contributed by atoms with Crippen molar-refractivity contribution in [2.45, 2.75) is 44.2 Å². The smallest absolute Gasteiger partial charge is 0.200 e. The van der Waals surface area contributed by atoms with E-state index in [4.69, 9.17) is 0 Å². The molecule has 0 saturated carbocycles. The summed E-state index contributed by atoms with van der Waals surface area (Å²) in [4.78, 5) is 12.1. The number of aryl methyl sites for hydroxylation is 1. The van der Waals surface area contributed by atoms with Gasteiger partial charge in [-0.25, -0.2) is 4.39 Å². The van der Waals surface area contributed by atoms with Crippen LogP contribution in [0.15, 0.2) is 18.2 Å². The van der Waals surface area contributed by atoms with E-state index in [1.165, 1.54) is 5.56 Å². The highest BCUT2D eigenvalue weighted by atomic mass is 19.1. The molecule has 2 heteroatoms. The van der Waals surface area contributed by atoms with Gasteiger partial charge in [0.05, 0.1) is 0 Å². The van der Waals surface area contributed by atoms with Crippen molar-refractivity contribution in [2.24, 2.45) is 0 Å². The Hall–Kier alpha value is -1.18. The number of hydrogen-bond donors (Lipinski definition) is 0. The number of carbonyl (C=O) groups is 1. The fourth-order valence-corrected chi connectivity index (χ4v) is 3.33. The first-order valence-corrected chi connectivity index (χ1v) is 6.04. The maximum Gasteiger partial charge on any atom is 0.200 e. The molecule has 2 aliphatic carbocycles. The highest BCUT2D eigenvalue weighted by molar-refractivity contribution is 6.08. The first-order chi connectivity index (χ1) is 7.68. The largest absolute Gasteiger partial charge is 0.291 e. The number of Topliss-reactive ketones (excluding diaryl/α,β-unsaturated/α-hetero) is 1. The van der Waals surface area contributed by atoms with Crippen LogP contribution in [0.2, 0.25) is 0 Å². The lowest BCUT2D eigenvalue weighted by Gasteiger charge is -2.29. The number of carbonyl (C=O) groups excluding carboxylic acids is 1. The van der Waals surface area contributed by atoms with Crippen molar-refractivity contribution in [3.8, 4) is 0 Å². The summed E-state index contributed by atoms with van der Waals surface area (Å²) in [5.41, 5.74) is 1.23. The fraction of sp³-hybridized carbons (Fsp3) is 0.500. The highest BCUT2D eigenvalue weighted by Gasteiger charge is 2.53. The average molecular weight is 218 g/mol. The minimum Gasteiger partial charge on any atom is -0.291 e. The Morgan fingerprint density at radius 3 is 3.06 bits per heavy atom. The molecule has 0 spiro atoms. The third-order valence-corrected chi connectivity index (χ3v) is 4.17. The van der Waals surface area contributed by atoms with Gasteiger partial charge >= 0.3 is 0 Å². The number of benzene rings is 1. The molecule has 0 radical (unpaired) electrons. The van der Waals surface area contributed by atoms with Gasteiger partial charge in [0.15, 0.2) is 5.67 Å². The minimum atomic E-state index is -1.63. The molecule has 3 rings (SSSR count). The summed E-state index contributed by atoms with van der Waals surface area (Å²) in [7, 11) is 0. The van der Waals surface area contributed by atoms with Gasteiger partial charge in [0.25, 0.3) is 0 Å². The maximum atomic E-state index is 14.8. The van der Waals surface area contributed by atoms with Crippen LogP contribution in [0.4, 0.5) is 4.39 Å². The molecule has 2 aliphatic rings. The van der Waals surface area contributed by atoms with Crippen molar-refractivity contribution in [1.82, 2.24) is 0 Å². The molecule has 1 aromatic carbocycles. The molecular formula is C14H15FO. The van der Waals surface area contributed by atoms with E-state index >= 15 is 0 Å². The number of ketones is 1. The molecule has 2 unspecified atom stereocenters.